The Hall–Kier alpha value is -1.50. The van der Waals surface area contributed by atoms with E-state index in [4.69, 9.17) is 4.18 Å². The van der Waals surface area contributed by atoms with Gasteiger partial charge in [0.25, 0.3) is 5.12 Å². The maximum atomic E-state index is 12.2. The van der Waals surface area contributed by atoms with Crippen molar-refractivity contribution in [1.29, 1.82) is 0 Å². The predicted octanol–water partition coefficient (Wildman–Crippen LogP) is -2.53. The molecule has 5 atom stereocenters. The molecular formula is C14H18O10S. The standard InChI is InChI=1S/C14H18O10S/c1-5(15)9(19)10(20)12(22,6(2)16)14(23,8(4)18)13(7(3)17)11(21)25-24-13/h9-10,19-20,22-23H,1-4H3/t9?,10-,12-,13+,14+/m1/s1. The average Bonchev–Trinajstić information content (AvgIpc) is 2.49. The van der Waals surface area contributed by atoms with Crippen molar-refractivity contribution in [3.8, 4) is 0 Å². The normalized spacial score (nSPS) is 27.3. The molecule has 1 heterocycles. The van der Waals surface area contributed by atoms with Crippen LogP contribution in [0.3, 0.4) is 0 Å². The second-order valence-corrected chi connectivity index (χ2v) is 6.49. The summed E-state index contributed by atoms with van der Waals surface area (Å²) >= 11 is 0.0886. The highest BCUT2D eigenvalue weighted by Gasteiger charge is 2.80. The topological polar surface area (TPSA) is 176 Å². The number of hydrogen-bond acceptors (Lipinski definition) is 11. The van der Waals surface area contributed by atoms with Crippen LogP contribution in [0, 0.1) is 0 Å². The van der Waals surface area contributed by atoms with E-state index < -0.39 is 57.3 Å². The molecule has 4 N–H and O–H groups in total. The average molecular weight is 378 g/mol. The Kier molecular flexibility index (Phi) is 5.74. The van der Waals surface area contributed by atoms with Gasteiger partial charge in [0.05, 0.1) is 12.0 Å². The molecule has 0 amide bonds. The highest BCUT2D eigenvalue weighted by atomic mass is 32.2. The van der Waals surface area contributed by atoms with Crippen LogP contribution in [0.2, 0.25) is 0 Å². The summed E-state index contributed by atoms with van der Waals surface area (Å²) in [5.41, 5.74) is -10.2. The van der Waals surface area contributed by atoms with Crippen LogP contribution in [0.5, 0.6) is 0 Å². The molecule has 0 aromatic carbocycles. The molecule has 1 unspecified atom stereocenters. The molecule has 10 nitrogen and oxygen atoms in total. The fourth-order valence-electron chi connectivity index (χ4n) is 2.74. The minimum Gasteiger partial charge on any atom is -0.386 e. The van der Waals surface area contributed by atoms with Crippen molar-refractivity contribution in [3.63, 3.8) is 0 Å². The van der Waals surface area contributed by atoms with Gasteiger partial charge in [-0.2, -0.15) is 0 Å². The summed E-state index contributed by atoms with van der Waals surface area (Å²) in [6.45, 7) is 2.85. The highest BCUT2D eigenvalue weighted by Crippen LogP contribution is 2.51. The van der Waals surface area contributed by atoms with Gasteiger partial charge in [-0.3, -0.25) is 28.2 Å². The fraction of sp³-hybridized carbons (Fsp3) is 0.643. The SMILES string of the molecule is CC(=O)C(O)[C@@H](O)[C@](O)(C(C)=O)[C@@](O)(C(C)=O)[C@@]1(C(C)=O)OSC1=O. The molecule has 140 valence electrons. The van der Waals surface area contributed by atoms with Crippen LogP contribution in [-0.2, 0) is 28.2 Å². The minimum atomic E-state index is -3.59. The Morgan fingerprint density at radius 3 is 1.72 bits per heavy atom. The number of rotatable bonds is 8. The summed E-state index contributed by atoms with van der Waals surface area (Å²) in [6, 6.07) is 0. The lowest BCUT2D eigenvalue weighted by molar-refractivity contribution is -0.247. The van der Waals surface area contributed by atoms with E-state index in [0.717, 1.165) is 13.8 Å². The number of hydrogen-bond donors (Lipinski definition) is 4. The first-order valence-electron chi connectivity index (χ1n) is 6.97. The summed E-state index contributed by atoms with van der Waals surface area (Å²) in [4.78, 5) is 59.6. The Morgan fingerprint density at radius 1 is 1.04 bits per heavy atom. The van der Waals surface area contributed by atoms with Gasteiger partial charge in [0, 0.05) is 0 Å². The fourth-order valence-corrected chi connectivity index (χ4v) is 3.58. The van der Waals surface area contributed by atoms with E-state index in [1.54, 1.807) is 0 Å². The predicted molar refractivity (Wildman–Crippen MR) is 81.1 cm³/mol. The molecule has 0 aliphatic carbocycles. The van der Waals surface area contributed by atoms with Crippen LogP contribution in [0.1, 0.15) is 27.7 Å². The molecule has 1 fully saturated rings. The van der Waals surface area contributed by atoms with E-state index in [9.17, 15) is 44.4 Å². The summed E-state index contributed by atoms with van der Waals surface area (Å²) in [7, 11) is 0. The molecule has 25 heavy (non-hydrogen) atoms. The molecule has 0 saturated carbocycles. The van der Waals surface area contributed by atoms with Gasteiger partial charge in [0.1, 0.15) is 12.2 Å². The van der Waals surface area contributed by atoms with Crippen LogP contribution >= 0.6 is 12.0 Å². The van der Waals surface area contributed by atoms with Gasteiger partial charge < -0.3 is 20.4 Å². The van der Waals surface area contributed by atoms with Crippen LogP contribution in [0.25, 0.3) is 0 Å². The lowest BCUT2D eigenvalue weighted by Gasteiger charge is -2.53. The molecule has 0 spiro atoms. The van der Waals surface area contributed by atoms with Gasteiger partial charge in [0.15, 0.2) is 28.7 Å². The van der Waals surface area contributed by atoms with Crippen molar-refractivity contribution in [2.75, 3.05) is 0 Å². The number of carbonyl (C=O) groups excluding carboxylic acids is 5. The second-order valence-electron chi connectivity index (χ2n) is 5.78. The lowest BCUT2D eigenvalue weighted by Crippen LogP contribution is -2.84. The van der Waals surface area contributed by atoms with E-state index in [-0.39, 0.29) is 12.0 Å². The van der Waals surface area contributed by atoms with Gasteiger partial charge in [0.2, 0.25) is 11.2 Å². The monoisotopic (exact) mass is 378 g/mol. The van der Waals surface area contributed by atoms with Gasteiger partial charge in [-0.15, -0.1) is 0 Å². The van der Waals surface area contributed by atoms with E-state index in [1.165, 1.54) is 0 Å². The third-order valence-electron chi connectivity index (χ3n) is 4.28. The third kappa shape index (κ3) is 2.58. The van der Waals surface area contributed by atoms with E-state index in [2.05, 4.69) is 0 Å². The van der Waals surface area contributed by atoms with Crippen molar-refractivity contribution in [3.05, 3.63) is 0 Å². The first-order valence-corrected chi connectivity index (χ1v) is 7.71. The Morgan fingerprint density at radius 2 is 1.52 bits per heavy atom. The van der Waals surface area contributed by atoms with Gasteiger partial charge in [-0.25, -0.2) is 0 Å². The van der Waals surface area contributed by atoms with Crippen molar-refractivity contribution >= 4 is 40.3 Å². The molecule has 0 bridgehead atoms. The smallest absolute Gasteiger partial charge is 0.260 e. The van der Waals surface area contributed by atoms with Crippen molar-refractivity contribution in [1.82, 2.24) is 0 Å². The summed E-state index contributed by atoms with van der Waals surface area (Å²) in [5.74, 6) is -5.28. The Labute approximate surface area is 146 Å². The number of Topliss-reactive ketones (excluding diaryl/α,β-unsaturated/α-hetero) is 4. The van der Waals surface area contributed by atoms with Gasteiger partial charge >= 0.3 is 0 Å². The molecule has 0 aromatic rings. The second kappa shape index (κ2) is 6.67. The van der Waals surface area contributed by atoms with Crippen molar-refractivity contribution < 1.29 is 48.6 Å². The minimum absolute atomic E-state index is 0.0886. The van der Waals surface area contributed by atoms with Crippen LogP contribution in [-0.4, -0.2) is 77.7 Å². The van der Waals surface area contributed by atoms with Crippen molar-refractivity contribution in [2.24, 2.45) is 0 Å². The third-order valence-corrected chi connectivity index (χ3v) is 5.05. The quantitative estimate of drug-likeness (QED) is 0.259. The van der Waals surface area contributed by atoms with Crippen LogP contribution in [0.4, 0.5) is 0 Å². The summed E-state index contributed by atoms with van der Waals surface area (Å²) < 4.78 is 4.76. The van der Waals surface area contributed by atoms with Gasteiger partial charge in [-0.1, -0.05) is 0 Å². The zero-order chi connectivity index (χ0) is 20.0. The number of aliphatic hydroxyl groups excluding tert-OH is 2. The van der Waals surface area contributed by atoms with E-state index >= 15 is 0 Å². The lowest BCUT2D eigenvalue weighted by atomic mass is 9.62. The first-order chi connectivity index (χ1) is 11.2. The zero-order valence-corrected chi connectivity index (χ0v) is 14.6. The van der Waals surface area contributed by atoms with Crippen LogP contribution in [0.15, 0.2) is 0 Å². The maximum absolute atomic E-state index is 12.2. The van der Waals surface area contributed by atoms with E-state index in [0.29, 0.717) is 13.8 Å². The van der Waals surface area contributed by atoms with Crippen molar-refractivity contribution in [2.45, 2.75) is 56.7 Å². The Balaban J connectivity index is 3.81. The van der Waals surface area contributed by atoms with Gasteiger partial charge in [-0.05, 0) is 27.7 Å². The molecule has 1 saturated heterocycles. The zero-order valence-electron chi connectivity index (χ0n) is 13.8. The summed E-state index contributed by atoms with van der Waals surface area (Å²) in [5, 5.41) is 40.4. The number of ketones is 4. The molecule has 0 aromatic heterocycles. The molecule has 0 radical (unpaired) electrons. The first kappa shape index (κ1) is 21.5. The maximum Gasteiger partial charge on any atom is 0.260 e. The number of carbonyl (C=O) groups is 5. The molecule has 1 aliphatic heterocycles. The molecule has 1 rings (SSSR count). The largest absolute Gasteiger partial charge is 0.386 e. The number of aliphatic hydroxyl groups is 4. The highest BCUT2D eigenvalue weighted by molar-refractivity contribution is 8.11. The molecule has 1 aliphatic rings. The molecule has 11 heteroatoms. The van der Waals surface area contributed by atoms with Crippen LogP contribution < -0.4 is 0 Å². The van der Waals surface area contributed by atoms with E-state index in [1.807, 2.05) is 0 Å². The molecular weight excluding hydrogens is 360 g/mol. The Bertz CT molecular complexity index is 650. The summed E-state index contributed by atoms with van der Waals surface area (Å²) in [6.07, 6.45) is -5.12.